The van der Waals surface area contributed by atoms with E-state index < -0.39 is 49.5 Å². The first-order valence-corrected chi connectivity index (χ1v) is 28.2. The van der Waals surface area contributed by atoms with E-state index in [0.717, 1.165) is 0 Å². The van der Waals surface area contributed by atoms with Crippen LogP contribution < -0.4 is 0 Å². The van der Waals surface area contributed by atoms with E-state index in [0.29, 0.717) is 40.4 Å². The largest absolute Gasteiger partial charge is 0.414 e. The van der Waals surface area contributed by atoms with Gasteiger partial charge in [-0.2, -0.15) is 4.68 Å². The van der Waals surface area contributed by atoms with Crippen LogP contribution in [0.5, 0.6) is 0 Å². The zero-order chi connectivity index (χ0) is 41.4. The highest BCUT2D eigenvalue weighted by atomic mass is 28.4. The van der Waals surface area contributed by atoms with E-state index in [9.17, 15) is 9.59 Å². The molecule has 2 aliphatic rings. The van der Waals surface area contributed by atoms with Crippen LogP contribution in [0.3, 0.4) is 0 Å². The number of carbonyl (C=O) groups is 2. The van der Waals surface area contributed by atoms with Crippen LogP contribution in [0, 0.1) is 0 Å². The summed E-state index contributed by atoms with van der Waals surface area (Å²) in [6, 6.07) is 6.79. The van der Waals surface area contributed by atoms with E-state index in [4.69, 9.17) is 28.0 Å². The van der Waals surface area contributed by atoms with Gasteiger partial charge in [-0.3, -0.25) is 19.1 Å². The maximum Gasteiger partial charge on any atom is 0.261 e. The molecule has 5 heterocycles. The second kappa shape index (κ2) is 14.4. The van der Waals surface area contributed by atoms with Crippen LogP contribution in [-0.4, -0.2) is 101 Å². The molecule has 17 heteroatoms. The predicted octanol–water partition coefficient (Wildman–Crippen LogP) is 7.90. The van der Waals surface area contributed by atoms with Crippen molar-refractivity contribution in [3.8, 4) is 5.82 Å². The maximum atomic E-state index is 13.0. The Morgan fingerprint density at radius 1 is 0.750 bits per heavy atom. The number of aromatic nitrogens is 7. The van der Waals surface area contributed by atoms with Crippen LogP contribution in [0.4, 0.5) is 0 Å². The molecule has 1 saturated heterocycles. The number of ether oxygens (including phenoxy) is 1. The van der Waals surface area contributed by atoms with Gasteiger partial charge in [0.05, 0.1) is 36.8 Å². The van der Waals surface area contributed by atoms with E-state index >= 15 is 0 Å². The summed E-state index contributed by atoms with van der Waals surface area (Å²) < 4.78 is 32.0. The van der Waals surface area contributed by atoms with E-state index in [-0.39, 0.29) is 33.5 Å². The van der Waals surface area contributed by atoms with Gasteiger partial charge >= 0.3 is 0 Å². The summed E-state index contributed by atoms with van der Waals surface area (Å²) in [6.45, 7) is 34.0. The third-order valence-corrected chi connectivity index (χ3v) is 26.2. The van der Waals surface area contributed by atoms with E-state index in [2.05, 4.69) is 117 Å². The van der Waals surface area contributed by atoms with Crippen LogP contribution in [0.15, 0.2) is 43.1 Å². The smallest absolute Gasteiger partial charge is 0.261 e. The van der Waals surface area contributed by atoms with Gasteiger partial charge in [0.25, 0.3) is 11.8 Å². The zero-order valence-corrected chi connectivity index (χ0v) is 38.8. The Morgan fingerprint density at radius 3 is 1.86 bits per heavy atom. The molecular weight excluding hydrogens is 761 g/mol. The fourth-order valence-corrected chi connectivity index (χ4v) is 9.71. The number of amides is 2. The summed E-state index contributed by atoms with van der Waals surface area (Å²) in [7, 11) is -6.91. The summed E-state index contributed by atoms with van der Waals surface area (Å²) >= 11 is 0. The average molecular weight is 821 g/mol. The van der Waals surface area contributed by atoms with Crippen molar-refractivity contribution in [3.63, 3.8) is 0 Å². The van der Waals surface area contributed by atoms with Gasteiger partial charge in [-0.05, 0) is 66.5 Å². The third kappa shape index (κ3) is 7.75. The number of carbonyl (C=O) groups excluding carboxylic acids is 2. The first-order chi connectivity index (χ1) is 25.7. The fraction of sp³-hybridized carbons (Fsp3) is 0.615. The monoisotopic (exact) mass is 820 g/mol. The Bertz CT molecular complexity index is 2080. The van der Waals surface area contributed by atoms with Crippen LogP contribution in [-0.2, 0) is 24.6 Å². The topological polar surface area (TPSA) is 149 Å². The minimum absolute atomic E-state index is 0.0114. The summed E-state index contributed by atoms with van der Waals surface area (Å²) in [5.74, 6) is -0.335. The van der Waals surface area contributed by atoms with Crippen molar-refractivity contribution < 1.29 is 27.6 Å². The molecule has 2 amide bonds. The molecular formula is C39H60N8O6Si3. The van der Waals surface area contributed by atoms with Crippen LogP contribution in [0.2, 0.25) is 54.4 Å². The molecule has 0 N–H and O–H groups in total. The molecule has 1 aromatic carbocycles. The number of benzene rings is 1. The van der Waals surface area contributed by atoms with Crippen molar-refractivity contribution >= 4 is 47.9 Å². The number of hydrogen-bond donors (Lipinski definition) is 0. The molecule has 0 unspecified atom stereocenters. The van der Waals surface area contributed by atoms with Crippen molar-refractivity contribution in [3.05, 3.63) is 59.9 Å². The van der Waals surface area contributed by atoms with Crippen LogP contribution in [0.1, 0.15) is 95.0 Å². The second-order valence-electron chi connectivity index (χ2n) is 19.7. The maximum absolute atomic E-state index is 13.0. The molecule has 4 atom stereocenters. The highest BCUT2D eigenvalue weighted by molar-refractivity contribution is 6.75. The molecule has 304 valence electrons. The first-order valence-electron chi connectivity index (χ1n) is 19.4. The highest BCUT2D eigenvalue weighted by Crippen LogP contribution is 2.47. The number of imidazole rings is 1. The third-order valence-electron chi connectivity index (χ3n) is 12.7. The summed E-state index contributed by atoms with van der Waals surface area (Å²) in [5, 5.41) is 8.49. The van der Waals surface area contributed by atoms with Gasteiger partial charge in [-0.25, -0.2) is 15.0 Å². The zero-order valence-electron chi connectivity index (χ0n) is 35.8. The lowest BCUT2D eigenvalue weighted by Crippen LogP contribution is -2.54. The van der Waals surface area contributed by atoms with Gasteiger partial charge < -0.3 is 18.0 Å². The minimum atomic E-state index is -2.40. The van der Waals surface area contributed by atoms with Gasteiger partial charge in [-0.1, -0.05) is 79.7 Å². The molecule has 1 fully saturated rings. The van der Waals surface area contributed by atoms with Crippen molar-refractivity contribution in [2.24, 2.45) is 0 Å². The van der Waals surface area contributed by atoms with Crippen LogP contribution >= 0.6 is 0 Å². The molecule has 0 saturated carbocycles. The van der Waals surface area contributed by atoms with E-state index in [1.54, 1.807) is 36.8 Å². The number of fused-ring (bicyclic) bond motifs is 2. The molecule has 4 aromatic rings. The SMILES string of the molecule is CC(C)(C)[Si](C)(C)OC[C@H]1O[C@@H](n2cnc3c(-n4cc(CN5C(=O)c6ccccc6C5=O)nn4)ncnc32)[C@H](O[Si](C)(C)C(C)(C)C)[C@@H]1O[Si](C)(C)C(C)(C)C. The number of nitrogens with zero attached hydrogens (tertiary/aromatic N) is 8. The molecule has 0 radical (unpaired) electrons. The lowest BCUT2D eigenvalue weighted by Gasteiger charge is -2.44. The number of rotatable bonds is 11. The molecule has 0 bridgehead atoms. The van der Waals surface area contributed by atoms with Crippen molar-refractivity contribution in [1.29, 1.82) is 0 Å². The van der Waals surface area contributed by atoms with E-state index in [1.807, 2.05) is 4.57 Å². The molecule has 6 rings (SSSR count). The molecule has 56 heavy (non-hydrogen) atoms. The Labute approximate surface area is 334 Å². The summed E-state index contributed by atoms with van der Waals surface area (Å²) in [5.41, 5.74) is 2.18. The highest BCUT2D eigenvalue weighted by Gasteiger charge is 2.55. The average Bonchev–Trinajstić information content (AvgIpc) is 3.85. The Morgan fingerprint density at radius 2 is 1.30 bits per heavy atom. The Balaban J connectivity index is 1.38. The number of imide groups is 1. The van der Waals surface area contributed by atoms with Gasteiger partial charge in [0.1, 0.15) is 30.3 Å². The van der Waals surface area contributed by atoms with Gasteiger partial charge in [0.2, 0.25) is 0 Å². The summed E-state index contributed by atoms with van der Waals surface area (Å²) in [6.07, 6.45) is 2.85. The summed E-state index contributed by atoms with van der Waals surface area (Å²) in [4.78, 5) is 41.4. The van der Waals surface area contributed by atoms with Gasteiger partial charge in [0, 0.05) is 0 Å². The molecule has 0 aliphatic carbocycles. The molecule has 14 nitrogen and oxygen atoms in total. The first kappa shape index (κ1) is 42.2. The van der Waals surface area contributed by atoms with Crippen molar-refractivity contribution in [2.45, 2.75) is 148 Å². The predicted molar refractivity (Wildman–Crippen MR) is 222 cm³/mol. The Kier molecular flexibility index (Phi) is 10.9. The Hall–Kier alpha value is -3.46. The van der Waals surface area contributed by atoms with E-state index in [1.165, 1.54) is 15.9 Å². The molecule has 0 spiro atoms. The lowest BCUT2D eigenvalue weighted by molar-refractivity contribution is -0.0470. The lowest BCUT2D eigenvalue weighted by atomic mass is 10.1. The van der Waals surface area contributed by atoms with Gasteiger partial charge in [-0.15, -0.1) is 5.10 Å². The second-order valence-corrected chi connectivity index (χ2v) is 34.1. The minimum Gasteiger partial charge on any atom is -0.414 e. The normalized spacial score (nSPS) is 21.4. The van der Waals surface area contributed by atoms with Crippen molar-refractivity contribution in [1.82, 2.24) is 39.4 Å². The molecule has 2 aliphatic heterocycles. The standard InChI is InChI=1S/C39H60N8O6Si3/c1-37(2,3)54(10,11)50-22-28-30(52-55(12,13)38(4,5)6)31(53-56(14,15)39(7,8)9)36(51-28)46-24-42-29-32(46)40-23-41-33(29)47-21-25(43-44-47)20-45-34(48)26-18-16-17-19-27(26)35(45)49/h16-19,21,23-24,28,30-31,36H,20,22H2,1-15H3/t28-,30-,31-,36-/m1/s1. The number of hydrogen-bond acceptors (Lipinski definition) is 11. The van der Waals surface area contributed by atoms with Gasteiger partial charge in [0.15, 0.2) is 48.2 Å². The molecule has 3 aromatic heterocycles. The van der Waals surface area contributed by atoms with Crippen molar-refractivity contribution in [2.75, 3.05) is 6.61 Å². The fourth-order valence-electron chi connectivity index (χ4n) is 6.09. The van der Waals surface area contributed by atoms with Crippen LogP contribution in [0.25, 0.3) is 17.0 Å². The quantitative estimate of drug-likeness (QED) is 0.107.